The number of rotatable bonds is 8. The minimum absolute atomic E-state index is 0.0390. The molecule has 25 heavy (non-hydrogen) atoms. The molecule has 1 amide bonds. The Morgan fingerprint density at radius 3 is 2.12 bits per heavy atom. The van der Waals surface area contributed by atoms with Gasteiger partial charge in [-0.3, -0.25) is 4.79 Å². The standard InChI is InChI=1S/C19H24N2O3S/c1-16(2)20-19(22)15-21(14-13-17-9-5-3-6-10-17)25(23,24)18-11-7-4-8-12-18/h3-12,16H,13-15H2,1-2H3,(H,20,22). The largest absolute Gasteiger partial charge is 0.353 e. The first-order valence-corrected chi connectivity index (χ1v) is 9.72. The van der Waals surface area contributed by atoms with Crippen molar-refractivity contribution in [1.29, 1.82) is 0 Å². The highest BCUT2D eigenvalue weighted by atomic mass is 32.2. The number of nitrogens with one attached hydrogen (secondary N) is 1. The van der Waals surface area contributed by atoms with Gasteiger partial charge in [-0.05, 0) is 38.0 Å². The fourth-order valence-corrected chi connectivity index (χ4v) is 3.87. The fraction of sp³-hybridized carbons (Fsp3) is 0.316. The average molecular weight is 360 g/mol. The Bertz CT molecular complexity index is 775. The second-order valence-electron chi connectivity index (χ2n) is 6.11. The highest BCUT2D eigenvalue weighted by Gasteiger charge is 2.26. The third kappa shape index (κ3) is 5.69. The molecule has 0 atom stereocenters. The topological polar surface area (TPSA) is 66.5 Å². The monoisotopic (exact) mass is 360 g/mol. The van der Waals surface area contributed by atoms with Gasteiger partial charge in [-0.2, -0.15) is 4.31 Å². The highest BCUT2D eigenvalue weighted by molar-refractivity contribution is 7.89. The van der Waals surface area contributed by atoms with Gasteiger partial charge in [0, 0.05) is 12.6 Å². The molecule has 0 aliphatic heterocycles. The summed E-state index contributed by atoms with van der Waals surface area (Å²) in [6.07, 6.45) is 0.544. The number of sulfonamides is 1. The summed E-state index contributed by atoms with van der Waals surface area (Å²) in [5.74, 6) is -0.303. The van der Waals surface area contributed by atoms with Gasteiger partial charge in [0.05, 0.1) is 11.4 Å². The van der Waals surface area contributed by atoms with Gasteiger partial charge in [0.25, 0.3) is 0 Å². The Balaban J connectivity index is 2.20. The molecule has 0 radical (unpaired) electrons. The zero-order valence-corrected chi connectivity index (χ0v) is 15.4. The molecule has 2 aromatic carbocycles. The molecular weight excluding hydrogens is 336 g/mol. The van der Waals surface area contributed by atoms with Crippen LogP contribution in [0.25, 0.3) is 0 Å². The first-order chi connectivity index (χ1) is 11.9. The van der Waals surface area contributed by atoms with E-state index >= 15 is 0 Å². The first kappa shape index (κ1) is 19.1. The van der Waals surface area contributed by atoms with Crippen LogP contribution >= 0.6 is 0 Å². The second-order valence-corrected chi connectivity index (χ2v) is 8.05. The molecule has 1 N–H and O–H groups in total. The number of hydrogen-bond acceptors (Lipinski definition) is 3. The van der Waals surface area contributed by atoms with Gasteiger partial charge >= 0.3 is 0 Å². The van der Waals surface area contributed by atoms with Crippen LogP contribution < -0.4 is 5.32 Å². The third-order valence-electron chi connectivity index (χ3n) is 3.64. The molecule has 0 aromatic heterocycles. The fourth-order valence-electron chi connectivity index (χ4n) is 2.45. The summed E-state index contributed by atoms with van der Waals surface area (Å²) in [4.78, 5) is 12.3. The van der Waals surface area contributed by atoms with Gasteiger partial charge in [-0.25, -0.2) is 8.42 Å². The summed E-state index contributed by atoms with van der Waals surface area (Å²) in [5.41, 5.74) is 1.03. The molecular formula is C19H24N2O3S. The third-order valence-corrected chi connectivity index (χ3v) is 5.50. The summed E-state index contributed by atoms with van der Waals surface area (Å²) in [7, 11) is -3.73. The van der Waals surface area contributed by atoms with Crippen molar-refractivity contribution in [2.75, 3.05) is 13.1 Å². The molecule has 0 fully saturated rings. The molecule has 134 valence electrons. The average Bonchev–Trinajstić information content (AvgIpc) is 2.59. The van der Waals surface area contributed by atoms with E-state index in [9.17, 15) is 13.2 Å². The maximum atomic E-state index is 12.9. The van der Waals surface area contributed by atoms with Gasteiger partial charge in [0.1, 0.15) is 0 Å². The highest BCUT2D eigenvalue weighted by Crippen LogP contribution is 2.16. The smallest absolute Gasteiger partial charge is 0.243 e. The van der Waals surface area contributed by atoms with Crippen LogP contribution in [0.15, 0.2) is 65.6 Å². The van der Waals surface area contributed by atoms with E-state index in [4.69, 9.17) is 0 Å². The molecule has 0 unspecified atom stereocenters. The van der Waals surface area contributed by atoms with E-state index in [0.29, 0.717) is 6.42 Å². The SMILES string of the molecule is CC(C)NC(=O)CN(CCc1ccccc1)S(=O)(=O)c1ccccc1. The van der Waals surface area contributed by atoms with Gasteiger partial charge in [-0.15, -0.1) is 0 Å². The number of carbonyl (C=O) groups is 1. The Morgan fingerprint density at radius 2 is 1.56 bits per heavy atom. The van der Waals surface area contributed by atoms with E-state index in [1.165, 1.54) is 4.31 Å². The molecule has 5 nitrogen and oxygen atoms in total. The number of carbonyl (C=O) groups excluding carboxylic acids is 1. The molecule has 0 saturated carbocycles. The molecule has 6 heteroatoms. The van der Waals surface area contributed by atoms with E-state index in [-0.39, 0.29) is 29.9 Å². The van der Waals surface area contributed by atoms with Crippen molar-refractivity contribution >= 4 is 15.9 Å². The number of nitrogens with zero attached hydrogens (tertiary/aromatic N) is 1. The molecule has 0 bridgehead atoms. The van der Waals surface area contributed by atoms with Crippen LogP contribution in [0.5, 0.6) is 0 Å². The molecule has 2 aromatic rings. The predicted octanol–water partition coefficient (Wildman–Crippen LogP) is 2.44. The minimum atomic E-state index is -3.73. The predicted molar refractivity (Wildman–Crippen MR) is 98.6 cm³/mol. The minimum Gasteiger partial charge on any atom is -0.353 e. The maximum absolute atomic E-state index is 12.9. The lowest BCUT2D eigenvalue weighted by atomic mass is 10.1. The van der Waals surface area contributed by atoms with Crippen LogP contribution in [0.4, 0.5) is 0 Å². The summed E-state index contributed by atoms with van der Waals surface area (Å²) < 4.78 is 27.1. The van der Waals surface area contributed by atoms with Crippen molar-refractivity contribution in [3.8, 4) is 0 Å². The van der Waals surface area contributed by atoms with E-state index < -0.39 is 10.0 Å². The van der Waals surface area contributed by atoms with Gasteiger partial charge in [0.15, 0.2) is 0 Å². The Hall–Kier alpha value is -2.18. The van der Waals surface area contributed by atoms with Crippen LogP contribution in [-0.4, -0.2) is 37.8 Å². The molecule has 0 heterocycles. The van der Waals surface area contributed by atoms with E-state index in [1.54, 1.807) is 30.3 Å². The van der Waals surface area contributed by atoms with Crippen molar-refractivity contribution in [2.24, 2.45) is 0 Å². The van der Waals surface area contributed by atoms with Gasteiger partial charge < -0.3 is 5.32 Å². The summed E-state index contributed by atoms with van der Waals surface area (Å²) >= 11 is 0. The number of amides is 1. The molecule has 0 aliphatic rings. The Labute approximate surface area is 149 Å². The molecule has 2 rings (SSSR count). The Kier molecular flexibility index (Phi) is 6.73. The van der Waals surface area contributed by atoms with E-state index in [0.717, 1.165) is 5.56 Å². The summed E-state index contributed by atoms with van der Waals surface area (Å²) in [6.45, 7) is 3.74. The molecule has 0 aliphatic carbocycles. The summed E-state index contributed by atoms with van der Waals surface area (Å²) in [5, 5.41) is 2.75. The number of hydrogen-bond donors (Lipinski definition) is 1. The Morgan fingerprint density at radius 1 is 1.00 bits per heavy atom. The van der Waals surface area contributed by atoms with Crippen LogP contribution in [-0.2, 0) is 21.2 Å². The molecule has 0 spiro atoms. The van der Waals surface area contributed by atoms with Crippen LogP contribution in [0, 0.1) is 0 Å². The molecule has 0 saturated heterocycles. The number of benzene rings is 2. The van der Waals surface area contributed by atoms with Crippen LogP contribution in [0.1, 0.15) is 19.4 Å². The van der Waals surface area contributed by atoms with Crippen molar-refractivity contribution in [3.63, 3.8) is 0 Å². The lowest BCUT2D eigenvalue weighted by molar-refractivity contribution is -0.121. The first-order valence-electron chi connectivity index (χ1n) is 8.28. The van der Waals surface area contributed by atoms with Crippen molar-refractivity contribution in [2.45, 2.75) is 31.2 Å². The quantitative estimate of drug-likeness (QED) is 0.786. The second kappa shape index (κ2) is 8.78. The lowest BCUT2D eigenvalue weighted by Crippen LogP contribution is -2.43. The van der Waals surface area contributed by atoms with Gasteiger partial charge in [0.2, 0.25) is 15.9 Å². The van der Waals surface area contributed by atoms with Crippen molar-refractivity contribution in [1.82, 2.24) is 9.62 Å². The van der Waals surface area contributed by atoms with E-state index in [2.05, 4.69) is 5.32 Å². The van der Waals surface area contributed by atoms with Gasteiger partial charge in [-0.1, -0.05) is 48.5 Å². The van der Waals surface area contributed by atoms with Crippen molar-refractivity contribution in [3.05, 3.63) is 66.2 Å². The zero-order chi connectivity index (χ0) is 18.3. The van der Waals surface area contributed by atoms with Crippen molar-refractivity contribution < 1.29 is 13.2 Å². The zero-order valence-electron chi connectivity index (χ0n) is 14.6. The van der Waals surface area contributed by atoms with Crippen LogP contribution in [0.3, 0.4) is 0 Å². The van der Waals surface area contributed by atoms with Crippen LogP contribution in [0.2, 0.25) is 0 Å². The maximum Gasteiger partial charge on any atom is 0.243 e. The lowest BCUT2D eigenvalue weighted by Gasteiger charge is -2.22. The van der Waals surface area contributed by atoms with E-state index in [1.807, 2.05) is 44.2 Å². The normalized spacial score (nSPS) is 11.7. The summed E-state index contributed by atoms with van der Waals surface area (Å²) in [6, 6.07) is 17.8.